The van der Waals surface area contributed by atoms with Gasteiger partial charge in [-0.2, -0.15) is 0 Å². The Labute approximate surface area is 114 Å². The van der Waals surface area contributed by atoms with Crippen molar-refractivity contribution in [1.29, 1.82) is 0 Å². The number of nitrogen functional groups attached to an aromatic ring is 1. The van der Waals surface area contributed by atoms with Crippen LogP contribution in [0.4, 0.5) is 11.4 Å². The van der Waals surface area contributed by atoms with E-state index in [0.29, 0.717) is 23.5 Å². The number of nitrogens with two attached hydrogens (primary N) is 2. The summed E-state index contributed by atoms with van der Waals surface area (Å²) in [5.41, 5.74) is 12.6. The summed E-state index contributed by atoms with van der Waals surface area (Å²) < 4.78 is 0.725. The van der Waals surface area contributed by atoms with E-state index >= 15 is 0 Å². The number of thiophene rings is 1. The van der Waals surface area contributed by atoms with E-state index in [9.17, 15) is 4.79 Å². The molecule has 2 rings (SSSR count). The molecule has 18 heavy (non-hydrogen) atoms. The Kier molecular flexibility index (Phi) is 3.74. The van der Waals surface area contributed by atoms with Gasteiger partial charge in [-0.1, -0.05) is 17.7 Å². The largest absolute Gasteiger partial charge is 0.397 e. The molecule has 94 valence electrons. The summed E-state index contributed by atoms with van der Waals surface area (Å²) >= 11 is 7.32. The maximum absolute atomic E-state index is 11.3. The fraction of sp³-hybridized carbons (Fsp3) is 0.0833. The zero-order chi connectivity index (χ0) is 13.1. The zero-order valence-electron chi connectivity index (χ0n) is 9.44. The van der Waals surface area contributed by atoms with Gasteiger partial charge in [0.25, 0.3) is 5.91 Å². The maximum Gasteiger partial charge on any atom is 0.250 e. The highest BCUT2D eigenvalue weighted by Gasteiger charge is 2.10. The number of rotatable bonds is 4. The van der Waals surface area contributed by atoms with Gasteiger partial charge in [0.05, 0.1) is 21.3 Å². The molecule has 0 spiro atoms. The minimum atomic E-state index is -0.506. The highest BCUT2D eigenvalue weighted by molar-refractivity contribution is 7.16. The molecule has 1 heterocycles. The van der Waals surface area contributed by atoms with Gasteiger partial charge in [0.2, 0.25) is 0 Å². The summed E-state index contributed by atoms with van der Waals surface area (Å²) in [5.74, 6) is -0.506. The van der Waals surface area contributed by atoms with Crippen molar-refractivity contribution in [1.82, 2.24) is 0 Å². The van der Waals surface area contributed by atoms with E-state index in [1.54, 1.807) is 18.2 Å². The minimum absolute atomic E-state index is 0.387. The Morgan fingerprint density at radius 3 is 2.72 bits per heavy atom. The molecule has 6 heteroatoms. The number of primary amides is 1. The molecule has 1 aromatic carbocycles. The van der Waals surface area contributed by atoms with Crippen LogP contribution in [0.3, 0.4) is 0 Å². The Bertz CT molecular complexity index is 582. The van der Waals surface area contributed by atoms with E-state index in [0.717, 1.165) is 9.21 Å². The highest BCUT2D eigenvalue weighted by Crippen LogP contribution is 2.26. The average molecular weight is 282 g/mol. The molecule has 1 amide bonds. The first-order valence-corrected chi connectivity index (χ1v) is 6.43. The van der Waals surface area contributed by atoms with Crippen molar-refractivity contribution in [2.24, 2.45) is 5.73 Å². The van der Waals surface area contributed by atoms with E-state index in [2.05, 4.69) is 5.32 Å². The number of anilines is 2. The lowest BCUT2D eigenvalue weighted by atomic mass is 10.1. The first-order valence-electron chi connectivity index (χ1n) is 5.24. The van der Waals surface area contributed by atoms with Crippen molar-refractivity contribution in [3.05, 3.63) is 45.1 Å². The van der Waals surface area contributed by atoms with Crippen LogP contribution in [0.25, 0.3) is 0 Å². The summed E-state index contributed by atoms with van der Waals surface area (Å²) in [4.78, 5) is 12.4. The van der Waals surface area contributed by atoms with Gasteiger partial charge in [-0.15, -0.1) is 11.3 Å². The minimum Gasteiger partial charge on any atom is -0.397 e. The highest BCUT2D eigenvalue weighted by atomic mass is 35.5. The average Bonchev–Trinajstić information content (AvgIpc) is 2.73. The predicted octanol–water partition coefficient (Wildman–Crippen LogP) is 2.69. The lowest BCUT2D eigenvalue weighted by molar-refractivity contribution is 0.100. The number of nitrogens with one attached hydrogen (secondary N) is 1. The summed E-state index contributed by atoms with van der Waals surface area (Å²) in [6, 6.07) is 8.80. The van der Waals surface area contributed by atoms with Crippen LogP contribution in [-0.4, -0.2) is 5.91 Å². The number of para-hydroxylation sites is 1. The topological polar surface area (TPSA) is 81.1 Å². The number of carbonyl (C=O) groups excluding carboxylic acids is 1. The standard InChI is InChI=1S/C12H12ClN3OS/c13-10-5-4-7(18-10)6-16-11-8(12(15)17)2-1-3-9(11)14/h1-5,16H,6,14H2,(H2,15,17). The van der Waals surface area contributed by atoms with Gasteiger partial charge in [-0.05, 0) is 24.3 Å². The molecule has 0 atom stereocenters. The molecule has 1 aromatic heterocycles. The third-order valence-corrected chi connectivity index (χ3v) is 3.66. The third-order valence-electron chi connectivity index (χ3n) is 2.43. The molecule has 0 bridgehead atoms. The van der Waals surface area contributed by atoms with Crippen LogP contribution >= 0.6 is 22.9 Å². The number of amides is 1. The molecule has 0 aliphatic rings. The number of hydrogen-bond acceptors (Lipinski definition) is 4. The van der Waals surface area contributed by atoms with Crippen molar-refractivity contribution in [2.75, 3.05) is 11.1 Å². The molecule has 0 saturated heterocycles. The second-order valence-electron chi connectivity index (χ2n) is 3.69. The third kappa shape index (κ3) is 2.75. The molecule has 0 saturated carbocycles. The van der Waals surface area contributed by atoms with Gasteiger partial charge in [-0.25, -0.2) is 0 Å². The SMILES string of the molecule is NC(=O)c1cccc(N)c1NCc1ccc(Cl)s1. The Morgan fingerprint density at radius 2 is 2.11 bits per heavy atom. The molecule has 0 aliphatic carbocycles. The van der Waals surface area contributed by atoms with Crippen molar-refractivity contribution in [3.63, 3.8) is 0 Å². The summed E-state index contributed by atoms with van der Waals surface area (Å²) in [6.07, 6.45) is 0. The second-order valence-corrected chi connectivity index (χ2v) is 5.49. The first-order chi connectivity index (χ1) is 8.58. The monoisotopic (exact) mass is 281 g/mol. The van der Waals surface area contributed by atoms with Crippen molar-refractivity contribution in [3.8, 4) is 0 Å². The fourth-order valence-corrected chi connectivity index (χ4v) is 2.62. The van der Waals surface area contributed by atoms with E-state index in [1.807, 2.05) is 12.1 Å². The zero-order valence-corrected chi connectivity index (χ0v) is 11.0. The summed E-state index contributed by atoms with van der Waals surface area (Å²) in [6.45, 7) is 0.547. The van der Waals surface area contributed by atoms with Gasteiger partial charge < -0.3 is 16.8 Å². The smallest absolute Gasteiger partial charge is 0.250 e. The van der Waals surface area contributed by atoms with Crippen molar-refractivity contribution < 1.29 is 4.79 Å². The van der Waals surface area contributed by atoms with Crippen molar-refractivity contribution in [2.45, 2.75) is 6.54 Å². The van der Waals surface area contributed by atoms with Crippen LogP contribution in [0.15, 0.2) is 30.3 Å². The van der Waals surface area contributed by atoms with Gasteiger partial charge in [0.1, 0.15) is 0 Å². The van der Waals surface area contributed by atoms with Gasteiger partial charge in [-0.3, -0.25) is 4.79 Å². The predicted molar refractivity (Wildman–Crippen MR) is 76.0 cm³/mol. The van der Waals surface area contributed by atoms with Crippen LogP contribution in [-0.2, 0) is 6.54 Å². The Hall–Kier alpha value is -1.72. The molecule has 0 fully saturated rings. The van der Waals surface area contributed by atoms with E-state index in [1.165, 1.54) is 11.3 Å². The lowest BCUT2D eigenvalue weighted by Crippen LogP contribution is -2.15. The lowest BCUT2D eigenvalue weighted by Gasteiger charge is -2.11. The molecular formula is C12H12ClN3OS. The van der Waals surface area contributed by atoms with Gasteiger partial charge >= 0.3 is 0 Å². The van der Waals surface area contributed by atoms with Crippen LogP contribution in [0.1, 0.15) is 15.2 Å². The summed E-state index contributed by atoms with van der Waals surface area (Å²) in [5, 5.41) is 3.12. The Morgan fingerprint density at radius 1 is 1.33 bits per heavy atom. The molecule has 0 radical (unpaired) electrons. The van der Waals surface area contributed by atoms with E-state index < -0.39 is 5.91 Å². The van der Waals surface area contributed by atoms with E-state index in [-0.39, 0.29) is 0 Å². The number of carbonyl (C=O) groups is 1. The number of hydrogen-bond donors (Lipinski definition) is 3. The molecule has 2 aromatic rings. The van der Waals surface area contributed by atoms with Crippen molar-refractivity contribution >= 4 is 40.2 Å². The molecule has 0 aliphatic heterocycles. The second kappa shape index (κ2) is 5.29. The summed E-state index contributed by atoms with van der Waals surface area (Å²) in [7, 11) is 0. The maximum atomic E-state index is 11.3. The van der Waals surface area contributed by atoms with Crippen LogP contribution < -0.4 is 16.8 Å². The molecule has 5 N–H and O–H groups in total. The number of halogens is 1. The molecule has 0 unspecified atom stereocenters. The molecular weight excluding hydrogens is 270 g/mol. The van der Waals surface area contributed by atoms with Crippen LogP contribution in [0.2, 0.25) is 4.34 Å². The van der Waals surface area contributed by atoms with Crippen LogP contribution in [0.5, 0.6) is 0 Å². The fourth-order valence-electron chi connectivity index (χ4n) is 1.60. The van der Waals surface area contributed by atoms with E-state index in [4.69, 9.17) is 23.1 Å². The van der Waals surface area contributed by atoms with Crippen LogP contribution in [0, 0.1) is 0 Å². The van der Waals surface area contributed by atoms with Gasteiger partial charge in [0.15, 0.2) is 0 Å². The first kappa shape index (κ1) is 12.7. The quantitative estimate of drug-likeness (QED) is 0.754. The molecule has 4 nitrogen and oxygen atoms in total. The van der Waals surface area contributed by atoms with Gasteiger partial charge in [0, 0.05) is 11.4 Å². The number of benzene rings is 1. The normalized spacial score (nSPS) is 10.3. The Balaban J connectivity index is 2.20.